The number of aromatic nitrogens is 1. The first-order chi connectivity index (χ1) is 10.1. The van der Waals surface area contributed by atoms with E-state index in [2.05, 4.69) is 34.5 Å². The Morgan fingerprint density at radius 2 is 2.00 bits per heavy atom. The molecular formula is C16H17ClINO2. The van der Waals surface area contributed by atoms with E-state index in [1.54, 1.807) is 13.3 Å². The van der Waals surface area contributed by atoms with Crippen LogP contribution < -0.4 is 4.74 Å². The van der Waals surface area contributed by atoms with E-state index >= 15 is 0 Å². The van der Waals surface area contributed by atoms with Gasteiger partial charge in [-0.1, -0.05) is 23.7 Å². The predicted molar refractivity (Wildman–Crippen MR) is 92.9 cm³/mol. The highest BCUT2D eigenvalue weighted by molar-refractivity contribution is 14.1. The van der Waals surface area contributed by atoms with Crippen LogP contribution in [0.15, 0.2) is 36.5 Å². The van der Waals surface area contributed by atoms with Crippen molar-refractivity contribution in [2.75, 3.05) is 7.11 Å². The first kappa shape index (κ1) is 16.5. The average molecular weight is 418 g/mol. The van der Waals surface area contributed by atoms with Crippen LogP contribution in [0.4, 0.5) is 0 Å². The Morgan fingerprint density at radius 1 is 1.29 bits per heavy atom. The Labute approximate surface area is 143 Å². The molecule has 1 aromatic heterocycles. The van der Waals surface area contributed by atoms with E-state index < -0.39 is 0 Å². The highest BCUT2D eigenvalue weighted by atomic mass is 127. The van der Waals surface area contributed by atoms with Gasteiger partial charge in [0.15, 0.2) is 0 Å². The third-order valence-corrected chi connectivity index (χ3v) is 4.33. The Bertz CT molecular complexity index is 589. The van der Waals surface area contributed by atoms with Gasteiger partial charge in [0.2, 0.25) is 5.88 Å². The Morgan fingerprint density at radius 3 is 2.62 bits per heavy atom. The van der Waals surface area contributed by atoms with Crippen molar-refractivity contribution in [2.24, 2.45) is 0 Å². The second kappa shape index (κ2) is 7.96. The van der Waals surface area contributed by atoms with E-state index in [-0.39, 0.29) is 6.10 Å². The zero-order valence-electron chi connectivity index (χ0n) is 12.0. The molecule has 0 aliphatic heterocycles. The van der Waals surface area contributed by atoms with Crippen LogP contribution >= 0.6 is 34.2 Å². The molecule has 3 nitrogen and oxygen atoms in total. The van der Waals surface area contributed by atoms with Crippen LogP contribution in [-0.4, -0.2) is 18.2 Å². The van der Waals surface area contributed by atoms with E-state index in [0.29, 0.717) is 12.5 Å². The van der Waals surface area contributed by atoms with Gasteiger partial charge in [-0.25, -0.2) is 4.98 Å². The molecule has 1 heterocycles. The van der Waals surface area contributed by atoms with Crippen LogP contribution in [0.5, 0.6) is 5.88 Å². The number of nitrogens with zero attached hydrogens (tertiary/aromatic N) is 1. The summed E-state index contributed by atoms with van der Waals surface area (Å²) in [6, 6.07) is 9.77. The zero-order valence-corrected chi connectivity index (χ0v) is 14.9. The van der Waals surface area contributed by atoms with Gasteiger partial charge in [0.25, 0.3) is 0 Å². The first-order valence-electron chi connectivity index (χ1n) is 6.63. The van der Waals surface area contributed by atoms with E-state index in [4.69, 9.17) is 21.1 Å². The summed E-state index contributed by atoms with van der Waals surface area (Å²) >= 11 is 8.15. The summed E-state index contributed by atoms with van der Waals surface area (Å²) < 4.78 is 12.1. The second-order valence-corrected chi connectivity index (χ2v) is 6.37. The number of hydrogen-bond acceptors (Lipinski definition) is 3. The van der Waals surface area contributed by atoms with Gasteiger partial charge >= 0.3 is 0 Å². The van der Waals surface area contributed by atoms with Crippen LogP contribution in [0, 0.1) is 3.57 Å². The van der Waals surface area contributed by atoms with Gasteiger partial charge in [-0.05, 0) is 53.6 Å². The largest absolute Gasteiger partial charge is 0.481 e. The summed E-state index contributed by atoms with van der Waals surface area (Å²) in [5.41, 5.74) is 2.29. The molecule has 0 saturated carbocycles. The van der Waals surface area contributed by atoms with Crippen molar-refractivity contribution < 1.29 is 9.47 Å². The molecule has 0 aliphatic rings. The fraction of sp³-hybridized carbons (Fsp3) is 0.312. The lowest BCUT2D eigenvalue weighted by molar-refractivity contribution is 0.0529. The lowest BCUT2D eigenvalue weighted by Crippen LogP contribution is -2.12. The quantitative estimate of drug-likeness (QED) is 0.649. The van der Waals surface area contributed by atoms with E-state index in [1.165, 1.54) is 5.56 Å². The summed E-state index contributed by atoms with van der Waals surface area (Å²) in [5.74, 6) is 0.623. The molecule has 0 bridgehead atoms. The van der Waals surface area contributed by atoms with Gasteiger partial charge in [-0.3, -0.25) is 0 Å². The number of hydrogen-bond donors (Lipinski definition) is 0. The maximum atomic E-state index is 5.90. The molecule has 0 N–H and O–H groups in total. The third-order valence-electron chi connectivity index (χ3n) is 3.07. The normalized spacial score (nSPS) is 12.2. The predicted octanol–water partition coefficient (Wildman–Crippen LogP) is 4.50. The van der Waals surface area contributed by atoms with Gasteiger partial charge in [-0.2, -0.15) is 0 Å². The van der Waals surface area contributed by atoms with Crippen molar-refractivity contribution >= 4 is 34.2 Å². The van der Waals surface area contributed by atoms with Crippen molar-refractivity contribution in [1.29, 1.82) is 0 Å². The lowest BCUT2D eigenvalue weighted by atomic mass is 10.1. The van der Waals surface area contributed by atoms with Gasteiger partial charge in [0, 0.05) is 26.4 Å². The fourth-order valence-corrected chi connectivity index (χ4v) is 2.59. The monoisotopic (exact) mass is 417 g/mol. The molecule has 2 aromatic rings. The molecule has 0 fully saturated rings. The number of benzene rings is 1. The topological polar surface area (TPSA) is 31.4 Å². The van der Waals surface area contributed by atoms with Crippen LogP contribution in [-0.2, 0) is 17.8 Å². The molecule has 1 unspecified atom stereocenters. The van der Waals surface area contributed by atoms with Gasteiger partial charge < -0.3 is 9.47 Å². The lowest BCUT2D eigenvalue weighted by Gasteiger charge is -2.14. The van der Waals surface area contributed by atoms with Crippen LogP contribution in [0.2, 0.25) is 5.02 Å². The maximum absolute atomic E-state index is 5.90. The summed E-state index contributed by atoms with van der Waals surface area (Å²) in [4.78, 5) is 4.21. The average Bonchev–Trinajstić information content (AvgIpc) is 2.48. The molecule has 0 saturated heterocycles. The molecule has 1 atom stereocenters. The van der Waals surface area contributed by atoms with Crippen LogP contribution in [0.1, 0.15) is 18.1 Å². The van der Waals surface area contributed by atoms with Crippen molar-refractivity contribution in [3.63, 3.8) is 0 Å². The van der Waals surface area contributed by atoms with Gasteiger partial charge in [-0.15, -0.1) is 0 Å². The standard InChI is InChI=1S/C16H17ClINO2/c1-11(7-12-3-5-14(17)6-4-12)21-10-13-9-19-16(20-2)8-15(13)18/h3-6,8-9,11H,7,10H2,1-2H3. The van der Waals surface area contributed by atoms with E-state index in [9.17, 15) is 0 Å². The molecule has 0 radical (unpaired) electrons. The molecule has 0 amide bonds. The van der Waals surface area contributed by atoms with Gasteiger partial charge in [0.05, 0.1) is 19.8 Å². The molecule has 0 aliphatic carbocycles. The van der Waals surface area contributed by atoms with E-state index in [0.717, 1.165) is 20.6 Å². The van der Waals surface area contributed by atoms with Gasteiger partial charge in [0.1, 0.15) is 0 Å². The number of rotatable bonds is 6. The Hall–Kier alpha value is -0.850. The Kier molecular flexibility index (Phi) is 6.26. The highest BCUT2D eigenvalue weighted by Crippen LogP contribution is 2.18. The smallest absolute Gasteiger partial charge is 0.213 e. The minimum absolute atomic E-state index is 0.129. The van der Waals surface area contributed by atoms with Crippen LogP contribution in [0.25, 0.3) is 0 Å². The number of methoxy groups -OCH3 is 1. The Balaban J connectivity index is 1.89. The summed E-state index contributed by atoms with van der Waals surface area (Å²) in [6.07, 6.45) is 2.79. The minimum Gasteiger partial charge on any atom is -0.481 e. The molecule has 112 valence electrons. The summed E-state index contributed by atoms with van der Waals surface area (Å²) in [6.45, 7) is 2.61. The molecule has 5 heteroatoms. The third kappa shape index (κ3) is 5.13. The second-order valence-electron chi connectivity index (χ2n) is 4.77. The summed E-state index contributed by atoms with van der Waals surface area (Å²) in [7, 11) is 1.61. The molecule has 1 aromatic carbocycles. The van der Waals surface area contributed by atoms with Crippen molar-refractivity contribution in [3.8, 4) is 5.88 Å². The minimum atomic E-state index is 0.129. The molecular weight excluding hydrogens is 401 g/mol. The fourth-order valence-electron chi connectivity index (χ4n) is 1.90. The number of pyridine rings is 1. The van der Waals surface area contributed by atoms with E-state index in [1.807, 2.05) is 30.3 Å². The molecule has 0 spiro atoms. The molecule has 21 heavy (non-hydrogen) atoms. The SMILES string of the molecule is COc1cc(I)c(COC(C)Cc2ccc(Cl)cc2)cn1. The zero-order chi connectivity index (χ0) is 15.2. The van der Waals surface area contributed by atoms with Crippen molar-refractivity contribution in [3.05, 3.63) is 56.2 Å². The molecule has 2 rings (SSSR count). The maximum Gasteiger partial charge on any atom is 0.213 e. The number of ether oxygens (including phenoxy) is 2. The first-order valence-corrected chi connectivity index (χ1v) is 8.08. The van der Waals surface area contributed by atoms with Crippen LogP contribution in [0.3, 0.4) is 0 Å². The summed E-state index contributed by atoms with van der Waals surface area (Å²) in [5, 5.41) is 0.756. The highest BCUT2D eigenvalue weighted by Gasteiger charge is 2.08. The van der Waals surface area contributed by atoms with Crippen molar-refractivity contribution in [1.82, 2.24) is 4.98 Å². The van der Waals surface area contributed by atoms with Crippen molar-refractivity contribution in [2.45, 2.75) is 26.1 Å². The number of halogens is 2.